The summed E-state index contributed by atoms with van der Waals surface area (Å²) in [6.07, 6.45) is 2.77. The Morgan fingerprint density at radius 2 is 1.57 bits per heavy atom. The van der Waals surface area contributed by atoms with Gasteiger partial charge in [0.25, 0.3) is 0 Å². The normalized spacial score (nSPS) is 17.3. The van der Waals surface area contributed by atoms with Crippen LogP contribution in [0.25, 0.3) is 11.1 Å². The molecule has 1 aliphatic carbocycles. The maximum Gasteiger partial charge on any atom is 0.245 e. The highest BCUT2D eigenvalue weighted by molar-refractivity contribution is 5.87. The average Bonchev–Trinajstić information content (AvgIpc) is 3.47. The molecule has 2 amide bonds. The third kappa shape index (κ3) is 6.97. The topological polar surface area (TPSA) is 125 Å². The fraction of sp³-hybridized carbons (Fsp3) is 0.447. The van der Waals surface area contributed by atoms with Gasteiger partial charge in [0.1, 0.15) is 17.5 Å². The van der Waals surface area contributed by atoms with E-state index in [1.54, 1.807) is 47.7 Å². The number of methoxy groups -OCH3 is 5. The molecule has 11 nitrogen and oxygen atoms in total. The fourth-order valence-corrected chi connectivity index (χ4v) is 7.13. The van der Waals surface area contributed by atoms with Gasteiger partial charge in [-0.3, -0.25) is 14.4 Å². The van der Waals surface area contributed by atoms with Crippen LogP contribution in [0.4, 0.5) is 5.69 Å². The van der Waals surface area contributed by atoms with Crippen molar-refractivity contribution in [2.75, 3.05) is 47.4 Å². The summed E-state index contributed by atoms with van der Waals surface area (Å²) in [4.78, 5) is 42.6. The van der Waals surface area contributed by atoms with Crippen LogP contribution in [-0.4, -0.2) is 64.8 Å². The number of aryl methyl sites for hydroxylation is 1. The van der Waals surface area contributed by atoms with E-state index in [1.807, 2.05) is 49.1 Å². The van der Waals surface area contributed by atoms with Gasteiger partial charge in [0.2, 0.25) is 23.0 Å². The van der Waals surface area contributed by atoms with Crippen LogP contribution < -0.4 is 39.7 Å². The lowest BCUT2D eigenvalue weighted by Crippen LogP contribution is -2.46. The summed E-state index contributed by atoms with van der Waals surface area (Å²) in [6, 6.07) is 11.4. The van der Waals surface area contributed by atoms with Crippen molar-refractivity contribution < 1.29 is 33.3 Å². The molecule has 3 aromatic carbocycles. The number of rotatable bonds is 11. The number of benzene rings is 2. The van der Waals surface area contributed by atoms with E-state index in [9.17, 15) is 14.4 Å². The molecule has 0 radical (unpaired) electrons. The molecule has 0 spiro atoms. The highest BCUT2D eigenvalue weighted by Gasteiger charge is 2.37. The van der Waals surface area contributed by atoms with E-state index in [1.165, 1.54) is 6.92 Å². The van der Waals surface area contributed by atoms with Gasteiger partial charge in [0.15, 0.2) is 11.5 Å². The van der Waals surface area contributed by atoms with Crippen LogP contribution >= 0.6 is 0 Å². The molecule has 1 heterocycles. The van der Waals surface area contributed by atoms with Crippen molar-refractivity contribution in [3.63, 3.8) is 0 Å². The van der Waals surface area contributed by atoms with E-state index in [2.05, 4.69) is 10.6 Å². The second-order valence-electron chi connectivity index (χ2n) is 12.8. The molecule has 1 fully saturated rings. The summed E-state index contributed by atoms with van der Waals surface area (Å²) in [5.41, 5.74) is 3.95. The number of nitrogens with zero attached hydrogens (tertiary/aromatic N) is 1. The summed E-state index contributed by atoms with van der Waals surface area (Å²) in [5.74, 6) is 2.32. The maximum atomic E-state index is 14.3. The van der Waals surface area contributed by atoms with Gasteiger partial charge in [-0.25, -0.2) is 0 Å². The first-order valence-electron chi connectivity index (χ1n) is 16.6. The Bertz CT molecular complexity index is 1770. The molecule has 11 heteroatoms. The van der Waals surface area contributed by atoms with Gasteiger partial charge < -0.3 is 39.2 Å². The first-order valence-corrected chi connectivity index (χ1v) is 16.6. The molecule has 0 saturated carbocycles. The standard InChI is InChI=1S/C38H47N3O8/c1-21(2)35(38(44)41-17-9-10-30(41)26-13-12-24(45-4)19-32(26)46-5)40-29-16-14-25-27(20-31(29)43)28(39-22(3)42)15-11-23-18-33(47-6)36(48-7)37(49-8)34(23)25/h12-14,16,18-21,28,30,35H,9-11,15,17H2,1-8H3,(H,39,42)(H,40,43)/t28-,30?,35-/m1/s1. The number of nitrogens with one attached hydrogen (secondary N) is 2. The van der Waals surface area contributed by atoms with E-state index in [4.69, 9.17) is 23.7 Å². The van der Waals surface area contributed by atoms with E-state index in [-0.39, 0.29) is 34.9 Å². The first kappa shape index (κ1) is 35.4. The Morgan fingerprint density at radius 3 is 2.20 bits per heavy atom. The number of ether oxygens (including phenoxy) is 5. The number of amides is 2. The van der Waals surface area contributed by atoms with Crippen molar-refractivity contribution in [1.29, 1.82) is 0 Å². The number of hydrogen-bond acceptors (Lipinski definition) is 9. The zero-order valence-corrected chi connectivity index (χ0v) is 29.6. The third-order valence-electron chi connectivity index (χ3n) is 9.50. The van der Waals surface area contributed by atoms with Crippen LogP contribution in [-0.2, 0) is 16.0 Å². The van der Waals surface area contributed by atoms with E-state index < -0.39 is 12.1 Å². The van der Waals surface area contributed by atoms with Crippen molar-refractivity contribution in [3.8, 4) is 39.9 Å². The van der Waals surface area contributed by atoms with Crippen molar-refractivity contribution in [1.82, 2.24) is 10.2 Å². The molecule has 1 aliphatic heterocycles. The van der Waals surface area contributed by atoms with Crippen molar-refractivity contribution in [2.24, 2.45) is 5.92 Å². The molecule has 2 N–H and O–H groups in total. The largest absolute Gasteiger partial charge is 0.497 e. The van der Waals surface area contributed by atoms with E-state index in [0.29, 0.717) is 59.3 Å². The fourth-order valence-electron chi connectivity index (χ4n) is 7.13. The van der Waals surface area contributed by atoms with Crippen LogP contribution in [0.3, 0.4) is 0 Å². The molecule has 3 aromatic rings. The Hall–Kier alpha value is -4.93. The Morgan fingerprint density at radius 1 is 0.837 bits per heavy atom. The predicted octanol–water partition coefficient (Wildman–Crippen LogP) is 5.68. The van der Waals surface area contributed by atoms with Crippen LogP contribution in [0.2, 0.25) is 0 Å². The molecule has 0 aromatic heterocycles. The van der Waals surface area contributed by atoms with Crippen LogP contribution in [0.1, 0.15) is 68.8 Å². The summed E-state index contributed by atoms with van der Waals surface area (Å²) < 4.78 is 28.3. The number of carbonyl (C=O) groups is 2. The van der Waals surface area contributed by atoms with Gasteiger partial charge in [-0.15, -0.1) is 0 Å². The lowest BCUT2D eigenvalue weighted by molar-refractivity contribution is -0.134. The maximum absolute atomic E-state index is 14.3. The highest BCUT2D eigenvalue weighted by Crippen LogP contribution is 2.50. The summed E-state index contributed by atoms with van der Waals surface area (Å²) in [6.45, 7) is 5.98. The zero-order valence-electron chi connectivity index (χ0n) is 29.6. The monoisotopic (exact) mass is 673 g/mol. The number of carbonyl (C=O) groups excluding carboxylic acids is 2. The number of likely N-dealkylation sites (tertiary alicyclic amines) is 1. The van der Waals surface area contributed by atoms with Gasteiger partial charge in [-0.1, -0.05) is 19.9 Å². The van der Waals surface area contributed by atoms with Gasteiger partial charge in [-0.05, 0) is 78.6 Å². The molecule has 1 unspecified atom stereocenters. The van der Waals surface area contributed by atoms with Crippen molar-refractivity contribution >= 4 is 17.5 Å². The minimum absolute atomic E-state index is 0.0946. The van der Waals surface area contributed by atoms with E-state index in [0.717, 1.165) is 29.5 Å². The van der Waals surface area contributed by atoms with Crippen LogP contribution in [0.15, 0.2) is 47.3 Å². The van der Waals surface area contributed by atoms with Gasteiger partial charge in [-0.2, -0.15) is 0 Å². The second kappa shape index (κ2) is 15.1. The predicted molar refractivity (Wildman–Crippen MR) is 188 cm³/mol. The van der Waals surface area contributed by atoms with Crippen LogP contribution in [0, 0.1) is 5.92 Å². The van der Waals surface area contributed by atoms with Gasteiger partial charge in [0.05, 0.1) is 53.3 Å². The number of fused-ring (bicyclic) bond motifs is 3. The number of anilines is 1. The lowest BCUT2D eigenvalue weighted by Gasteiger charge is -2.32. The molecular weight excluding hydrogens is 626 g/mol. The molecule has 2 aliphatic rings. The smallest absolute Gasteiger partial charge is 0.245 e. The highest BCUT2D eigenvalue weighted by atomic mass is 16.5. The molecule has 3 atom stereocenters. The summed E-state index contributed by atoms with van der Waals surface area (Å²) >= 11 is 0. The molecule has 262 valence electrons. The molecule has 5 rings (SSSR count). The van der Waals surface area contributed by atoms with E-state index >= 15 is 0 Å². The lowest BCUT2D eigenvalue weighted by atomic mass is 9.95. The Labute approximate surface area is 287 Å². The van der Waals surface area contributed by atoms with Crippen LogP contribution in [0.5, 0.6) is 28.7 Å². The summed E-state index contributed by atoms with van der Waals surface area (Å²) in [5, 5.41) is 6.37. The minimum Gasteiger partial charge on any atom is -0.497 e. The molecule has 0 bridgehead atoms. The second-order valence-corrected chi connectivity index (χ2v) is 12.8. The quantitative estimate of drug-likeness (QED) is 0.265. The summed E-state index contributed by atoms with van der Waals surface area (Å²) in [7, 11) is 7.90. The van der Waals surface area contributed by atoms with Crippen molar-refractivity contribution in [3.05, 3.63) is 69.4 Å². The Balaban J connectivity index is 1.58. The molecule has 1 saturated heterocycles. The number of hydrogen-bond donors (Lipinski definition) is 2. The minimum atomic E-state index is -0.683. The Kier molecular flexibility index (Phi) is 10.9. The van der Waals surface area contributed by atoms with Crippen molar-refractivity contribution in [2.45, 2.75) is 64.6 Å². The first-order chi connectivity index (χ1) is 23.6. The molecule has 49 heavy (non-hydrogen) atoms. The SMILES string of the molecule is COc1ccc(C2CCCN2C(=O)[C@H](Nc2ccc3c(cc2=O)[C@H](NC(C)=O)CCc2cc(OC)c(OC)c(OC)c2-3)C(C)C)c(OC)c1. The van der Waals surface area contributed by atoms with Gasteiger partial charge >= 0.3 is 0 Å². The third-order valence-corrected chi connectivity index (χ3v) is 9.50. The molecular formula is C38H47N3O8. The average molecular weight is 674 g/mol. The van der Waals surface area contributed by atoms with Gasteiger partial charge in [0, 0.05) is 30.7 Å². The zero-order chi connectivity index (χ0) is 35.4.